The average Bonchev–Trinajstić information content (AvgIpc) is 2.97. The predicted octanol–water partition coefficient (Wildman–Crippen LogP) is 4.11. The first-order valence-electron chi connectivity index (χ1n) is 6.23. The first-order chi connectivity index (χ1) is 9.33. The standard InChI is InChI=1S/C16H13NOS/c18-16(8-5-12-9-10-19-11-12)15-7-6-13-3-1-2-4-14(13)17-15/h1-4,6-7,9-11H,5,8H2. The zero-order chi connectivity index (χ0) is 13.1. The molecular formula is C16H13NOS. The van der Waals surface area contributed by atoms with Crippen LogP contribution in [0.15, 0.2) is 53.2 Å². The third-order valence-electron chi connectivity index (χ3n) is 3.10. The van der Waals surface area contributed by atoms with Crippen LogP contribution in [0.2, 0.25) is 0 Å². The van der Waals surface area contributed by atoms with Crippen molar-refractivity contribution in [3.8, 4) is 0 Å². The maximum Gasteiger partial charge on any atom is 0.181 e. The van der Waals surface area contributed by atoms with Crippen molar-refractivity contribution in [3.05, 3.63) is 64.5 Å². The van der Waals surface area contributed by atoms with Gasteiger partial charge < -0.3 is 0 Å². The van der Waals surface area contributed by atoms with Gasteiger partial charge in [-0.15, -0.1) is 0 Å². The third kappa shape index (κ3) is 2.71. The molecule has 1 aromatic carbocycles. The van der Waals surface area contributed by atoms with Gasteiger partial charge in [-0.3, -0.25) is 4.79 Å². The molecule has 0 saturated carbocycles. The number of ketones is 1. The van der Waals surface area contributed by atoms with E-state index in [1.807, 2.05) is 41.8 Å². The van der Waals surface area contributed by atoms with Crippen LogP contribution >= 0.6 is 11.3 Å². The lowest BCUT2D eigenvalue weighted by Gasteiger charge is -2.02. The second-order valence-corrected chi connectivity index (χ2v) is 5.22. The Morgan fingerprint density at radius 3 is 2.84 bits per heavy atom. The predicted molar refractivity (Wildman–Crippen MR) is 78.7 cm³/mol. The SMILES string of the molecule is O=C(CCc1ccsc1)c1ccc2ccccc2n1. The minimum atomic E-state index is 0.108. The number of para-hydroxylation sites is 1. The molecular weight excluding hydrogens is 254 g/mol. The number of nitrogens with zero attached hydrogens (tertiary/aromatic N) is 1. The van der Waals surface area contributed by atoms with Crippen LogP contribution in [0.25, 0.3) is 10.9 Å². The molecule has 2 nitrogen and oxygen atoms in total. The van der Waals surface area contributed by atoms with Crippen molar-refractivity contribution in [2.24, 2.45) is 0 Å². The van der Waals surface area contributed by atoms with Crippen LogP contribution in [0.5, 0.6) is 0 Å². The first kappa shape index (κ1) is 12.1. The summed E-state index contributed by atoms with van der Waals surface area (Å²) in [6.07, 6.45) is 1.30. The highest BCUT2D eigenvalue weighted by Gasteiger charge is 2.08. The number of carbonyl (C=O) groups is 1. The molecule has 0 aliphatic heterocycles. The molecule has 94 valence electrons. The number of hydrogen-bond acceptors (Lipinski definition) is 3. The number of aryl methyl sites for hydroxylation is 1. The molecule has 3 heteroatoms. The molecule has 0 fully saturated rings. The topological polar surface area (TPSA) is 30.0 Å². The summed E-state index contributed by atoms with van der Waals surface area (Å²) in [7, 11) is 0. The van der Waals surface area contributed by atoms with Gasteiger partial charge in [0, 0.05) is 11.8 Å². The lowest BCUT2D eigenvalue weighted by atomic mass is 10.1. The maximum absolute atomic E-state index is 12.1. The van der Waals surface area contributed by atoms with E-state index in [4.69, 9.17) is 0 Å². The zero-order valence-electron chi connectivity index (χ0n) is 10.4. The molecule has 0 bridgehead atoms. The van der Waals surface area contributed by atoms with Gasteiger partial charge in [-0.05, 0) is 40.9 Å². The van der Waals surface area contributed by atoms with Gasteiger partial charge in [-0.1, -0.05) is 24.3 Å². The van der Waals surface area contributed by atoms with Crippen LogP contribution in [0, 0.1) is 0 Å². The van der Waals surface area contributed by atoms with Crippen LogP contribution in [-0.2, 0) is 6.42 Å². The number of carbonyl (C=O) groups excluding carboxylic acids is 1. The fourth-order valence-corrected chi connectivity index (χ4v) is 2.75. The van der Waals surface area contributed by atoms with Gasteiger partial charge >= 0.3 is 0 Å². The van der Waals surface area contributed by atoms with Gasteiger partial charge in [-0.2, -0.15) is 11.3 Å². The largest absolute Gasteiger partial charge is 0.292 e. The maximum atomic E-state index is 12.1. The van der Waals surface area contributed by atoms with Gasteiger partial charge in [-0.25, -0.2) is 4.98 Å². The van der Waals surface area contributed by atoms with E-state index < -0.39 is 0 Å². The second kappa shape index (κ2) is 5.33. The summed E-state index contributed by atoms with van der Waals surface area (Å²) in [5.41, 5.74) is 2.66. The van der Waals surface area contributed by atoms with Crippen LogP contribution in [0.3, 0.4) is 0 Å². The minimum absolute atomic E-state index is 0.108. The second-order valence-electron chi connectivity index (χ2n) is 4.44. The van der Waals surface area contributed by atoms with E-state index in [0.29, 0.717) is 12.1 Å². The van der Waals surface area contributed by atoms with E-state index in [1.54, 1.807) is 11.3 Å². The normalized spacial score (nSPS) is 10.7. The number of benzene rings is 1. The van der Waals surface area contributed by atoms with Gasteiger partial charge in [0.05, 0.1) is 5.52 Å². The summed E-state index contributed by atoms with van der Waals surface area (Å²) in [6.45, 7) is 0. The molecule has 0 saturated heterocycles. The van der Waals surface area contributed by atoms with Crippen molar-refractivity contribution in [2.45, 2.75) is 12.8 Å². The Bertz CT molecular complexity index is 704. The lowest BCUT2D eigenvalue weighted by Crippen LogP contribution is -2.03. The van der Waals surface area contributed by atoms with Gasteiger partial charge in [0.2, 0.25) is 0 Å². The lowest BCUT2D eigenvalue weighted by molar-refractivity contribution is 0.0978. The highest BCUT2D eigenvalue weighted by Crippen LogP contribution is 2.14. The highest BCUT2D eigenvalue weighted by molar-refractivity contribution is 7.07. The number of pyridine rings is 1. The van der Waals surface area contributed by atoms with Gasteiger partial charge in [0.25, 0.3) is 0 Å². The molecule has 2 heterocycles. The van der Waals surface area contributed by atoms with Crippen molar-refractivity contribution in [1.29, 1.82) is 0 Å². The fraction of sp³-hybridized carbons (Fsp3) is 0.125. The summed E-state index contributed by atoms with van der Waals surface area (Å²) < 4.78 is 0. The number of rotatable bonds is 4. The Labute approximate surface area is 115 Å². The molecule has 0 aliphatic carbocycles. The fourth-order valence-electron chi connectivity index (χ4n) is 2.04. The summed E-state index contributed by atoms with van der Waals surface area (Å²) in [6, 6.07) is 13.7. The third-order valence-corrected chi connectivity index (χ3v) is 3.84. The molecule has 19 heavy (non-hydrogen) atoms. The first-order valence-corrected chi connectivity index (χ1v) is 7.17. The van der Waals surface area contributed by atoms with E-state index in [0.717, 1.165) is 17.3 Å². The molecule has 0 atom stereocenters. The Morgan fingerprint density at radius 1 is 1.11 bits per heavy atom. The summed E-state index contributed by atoms with van der Waals surface area (Å²) in [5, 5.41) is 5.19. The molecule has 0 spiro atoms. The molecule has 2 aromatic heterocycles. The molecule has 0 unspecified atom stereocenters. The summed E-state index contributed by atoms with van der Waals surface area (Å²) in [4.78, 5) is 16.6. The molecule has 3 aromatic rings. The van der Waals surface area contributed by atoms with Crippen molar-refractivity contribution >= 4 is 28.0 Å². The van der Waals surface area contributed by atoms with Crippen LogP contribution in [-0.4, -0.2) is 10.8 Å². The number of hydrogen-bond donors (Lipinski definition) is 0. The Balaban J connectivity index is 1.77. The van der Waals surface area contributed by atoms with E-state index in [2.05, 4.69) is 16.4 Å². The summed E-state index contributed by atoms with van der Waals surface area (Å²) >= 11 is 1.66. The zero-order valence-corrected chi connectivity index (χ0v) is 11.2. The van der Waals surface area contributed by atoms with Crippen molar-refractivity contribution < 1.29 is 4.79 Å². The quantitative estimate of drug-likeness (QED) is 0.666. The van der Waals surface area contributed by atoms with Crippen molar-refractivity contribution in [1.82, 2.24) is 4.98 Å². The van der Waals surface area contributed by atoms with Gasteiger partial charge in [0.15, 0.2) is 5.78 Å². The number of aromatic nitrogens is 1. The monoisotopic (exact) mass is 267 g/mol. The Morgan fingerprint density at radius 2 is 2.00 bits per heavy atom. The molecule has 3 rings (SSSR count). The van der Waals surface area contributed by atoms with E-state index in [-0.39, 0.29) is 5.78 Å². The molecule has 0 aliphatic rings. The van der Waals surface area contributed by atoms with E-state index >= 15 is 0 Å². The van der Waals surface area contributed by atoms with Crippen LogP contribution in [0.4, 0.5) is 0 Å². The Kier molecular flexibility index (Phi) is 3.38. The van der Waals surface area contributed by atoms with Crippen molar-refractivity contribution in [2.75, 3.05) is 0 Å². The number of thiophene rings is 1. The van der Waals surface area contributed by atoms with E-state index in [1.165, 1.54) is 5.56 Å². The minimum Gasteiger partial charge on any atom is -0.292 e. The van der Waals surface area contributed by atoms with Gasteiger partial charge in [0.1, 0.15) is 5.69 Å². The smallest absolute Gasteiger partial charge is 0.181 e. The molecule has 0 amide bonds. The summed E-state index contributed by atoms with van der Waals surface area (Å²) in [5.74, 6) is 0.108. The average molecular weight is 267 g/mol. The van der Waals surface area contributed by atoms with E-state index in [9.17, 15) is 4.79 Å². The van der Waals surface area contributed by atoms with Crippen molar-refractivity contribution in [3.63, 3.8) is 0 Å². The van der Waals surface area contributed by atoms with Crippen LogP contribution < -0.4 is 0 Å². The molecule has 0 radical (unpaired) electrons. The molecule has 0 N–H and O–H groups in total. The number of fused-ring (bicyclic) bond motifs is 1. The number of Topliss-reactive ketones (excluding diaryl/α,β-unsaturated/α-hetero) is 1. The Hall–Kier alpha value is -2.00. The van der Waals surface area contributed by atoms with Crippen LogP contribution in [0.1, 0.15) is 22.5 Å². The highest BCUT2D eigenvalue weighted by atomic mass is 32.1.